The lowest BCUT2D eigenvalue weighted by Crippen LogP contribution is -2.47. The zero-order chi connectivity index (χ0) is 30.9. The fourth-order valence-corrected chi connectivity index (χ4v) is 6.81. The largest absolute Gasteiger partial charge is 0.416 e. The lowest BCUT2D eigenvalue weighted by molar-refractivity contribution is -0.138. The van der Waals surface area contributed by atoms with E-state index in [1.54, 1.807) is 23.3 Å². The van der Waals surface area contributed by atoms with Crippen molar-refractivity contribution in [3.63, 3.8) is 0 Å². The lowest BCUT2D eigenvalue weighted by Gasteiger charge is -2.42. The van der Waals surface area contributed by atoms with Gasteiger partial charge >= 0.3 is 6.18 Å². The molecule has 0 unspecified atom stereocenters. The fourth-order valence-electron chi connectivity index (χ4n) is 6.81. The van der Waals surface area contributed by atoms with Crippen molar-refractivity contribution in [3.05, 3.63) is 76.6 Å². The van der Waals surface area contributed by atoms with E-state index < -0.39 is 17.6 Å². The number of hydrogen-bond acceptors (Lipinski definition) is 6. The van der Waals surface area contributed by atoms with Crippen LogP contribution in [-0.2, 0) is 45.2 Å². The Labute approximate surface area is 253 Å². The fraction of sp³-hybridized carbons (Fsp3) is 0.469. The topological polar surface area (TPSA) is 93.8 Å². The van der Waals surface area contributed by atoms with Gasteiger partial charge < -0.3 is 9.88 Å². The second kappa shape index (κ2) is 10.3. The number of alkyl halides is 3. The van der Waals surface area contributed by atoms with E-state index in [0.29, 0.717) is 23.5 Å². The van der Waals surface area contributed by atoms with E-state index >= 15 is 0 Å². The number of nitrogens with zero attached hydrogens (tertiary/aromatic N) is 7. The number of hydrogen-bond donors (Lipinski definition) is 1. The number of halogens is 3. The molecule has 4 heterocycles. The zero-order valence-electron chi connectivity index (χ0n) is 25.1. The third kappa shape index (κ3) is 4.98. The predicted octanol–water partition coefficient (Wildman–Crippen LogP) is 5.49. The van der Waals surface area contributed by atoms with Gasteiger partial charge in [0.1, 0.15) is 18.0 Å². The highest BCUT2D eigenvalue weighted by atomic mass is 19.4. The maximum atomic E-state index is 14.4. The number of carbonyl (C=O) groups excluding carboxylic acids is 1. The Morgan fingerprint density at radius 1 is 1.05 bits per heavy atom. The van der Waals surface area contributed by atoms with Crippen LogP contribution in [0.1, 0.15) is 83.9 Å². The molecule has 0 radical (unpaired) electrons. The second-order valence-corrected chi connectivity index (χ2v) is 13.0. The van der Waals surface area contributed by atoms with Crippen LogP contribution in [0.25, 0.3) is 11.3 Å². The van der Waals surface area contributed by atoms with Gasteiger partial charge in [0.05, 0.1) is 24.0 Å². The Balaban J connectivity index is 1.29. The predicted molar refractivity (Wildman–Crippen MR) is 158 cm³/mol. The molecular formula is C32H35F3N8O. The molecule has 0 spiro atoms. The number of aromatic nitrogens is 6. The molecule has 2 fully saturated rings. The smallest absolute Gasteiger partial charge is 0.321 e. The molecular weight excluding hydrogens is 569 g/mol. The van der Waals surface area contributed by atoms with Crippen molar-refractivity contribution >= 4 is 11.7 Å². The molecule has 9 nitrogen and oxygen atoms in total. The number of nitrogens with one attached hydrogen (secondary N) is 1. The van der Waals surface area contributed by atoms with E-state index in [9.17, 15) is 18.0 Å². The van der Waals surface area contributed by atoms with Gasteiger partial charge in [0, 0.05) is 55.3 Å². The Morgan fingerprint density at radius 3 is 2.41 bits per heavy atom. The molecule has 1 aliphatic heterocycles. The highest BCUT2D eigenvalue weighted by Gasteiger charge is 2.43. The van der Waals surface area contributed by atoms with Crippen molar-refractivity contribution in [2.24, 2.45) is 14.1 Å². The minimum Gasteiger partial charge on any atom is -0.321 e. The number of anilines is 1. The quantitative estimate of drug-likeness (QED) is 0.286. The summed E-state index contributed by atoms with van der Waals surface area (Å²) in [6.45, 7) is 2.15. The van der Waals surface area contributed by atoms with Crippen LogP contribution in [0.15, 0.2) is 43.0 Å². The van der Waals surface area contributed by atoms with Crippen LogP contribution in [0.4, 0.5) is 19.0 Å². The van der Waals surface area contributed by atoms with Gasteiger partial charge in [-0.05, 0) is 80.0 Å². The number of carbonyl (C=O) groups is 1. The highest BCUT2D eigenvalue weighted by Crippen LogP contribution is 2.48. The van der Waals surface area contributed by atoms with Crippen molar-refractivity contribution in [3.8, 4) is 11.3 Å². The third-order valence-corrected chi connectivity index (χ3v) is 9.90. The molecule has 12 heteroatoms. The summed E-state index contributed by atoms with van der Waals surface area (Å²) in [5.41, 5.74) is 1.81. The maximum absolute atomic E-state index is 14.4. The normalized spacial score (nSPS) is 18.7. The molecule has 1 amide bonds. The summed E-state index contributed by atoms with van der Waals surface area (Å²) in [7, 11) is 3.72. The van der Waals surface area contributed by atoms with Crippen LogP contribution in [0.2, 0.25) is 0 Å². The molecule has 1 N–H and O–H groups in total. The SMILES string of the molecule is Cn1cc(-c2cc(C3(Cc4nncn4C)CCC3)cc(N3Cc4c(cc(CNC5(C)CCC5)cc4C(F)(F)F)C3=O)n2)cn1. The first kappa shape index (κ1) is 28.7. The average molecular weight is 605 g/mol. The standard InChI is InChI=1S/C32H35F3N8O/c1-30(6-4-7-30)36-15-20-10-23-24(25(11-20)32(33,34)35)18-43(29(23)44)27-13-22(12-26(39-27)21-16-38-42(3)17-21)31(8-5-9-31)14-28-40-37-19-41(28)2/h10-13,16-17,19,36H,4-9,14-15,18H2,1-3H3. The second-order valence-electron chi connectivity index (χ2n) is 13.0. The van der Waals surface area contributed by atoms with Gasteiger partial charge in [-0.3, -0.25) is 14.4 Å². The van der Waals surface area contributed by atoms with Crippen LogP contribution >= 0.6 is 0 Å². The molecule has 7 rings (SSSR count). The van der Waals surface area contributed by atoms with Gasteiger partial charge in [-0.1, -0.05) is 6.42 Å². The summed E-state index contributed by atoms with van der Waals surface area (Å²) in [6, 6.07) is 6.72. The van der Waals surface area contributed by atoms with Gasteiger partial charge in [-0.15, -0.1) is 10.2 Å². The molecule has 3 aliphatic rings. The molecule has 2 aliphatic carbocycles. The molecule has 1 aromatic carbocycles. The summed E-state index contributed by atoms with van der Waals surface area (Å²) in [4.78, 5) is 20.2. The number of pyridine rings is 1. The summed E-state index contributed by atoms with van der Waals surface area (Å²) >= 11 is 0. The van der Waals surface area contributed by atoms with E-state index in [1.807, 2.05) is 37.0 Å². The van der Waals surface area contributed by atoms with Gasteiger partial charge in [-0.25, -0.2) is 4.98 Å². The van der Waals surface area contributed by atoms with Gasteiger partial charge in [0.25, 0.3) is 5.91 Å². The van der Waals surface area contributed by atoms with Crippen LogP contribution < -0.4 is 10.2 Å². The number of amides is 1. The zero-order valence-corrected chi connectivity index (χ0v) is 25.1. The molecule has 2 saturated carbocycles. The molecule has 44 heavy (non-hydrogen) atoms. The maximum Gasteiger partial charge on any atom is 0.416 e. The molecule has 3 aromatic heterocycles. The third-order valence-electron chi connectivity index (χ3n) is 9.90. The number of rotatable bonds is 8. The van der Waals surface area contributed by atoms with Gasteiger partial charge in [0.2, 0.25) is 0 Å². The van der Waals surface area contributed by atoms with E-state index in [1.165, 1.54) is 11.0 Å². The van der Waals surface area contributed by atoms with E-state index in [-0.39, 0.29) is 35.2 Å². The van der Waals surface area contributed by atoms with Crippen LogP contribution in [0.5, 0.6) is 0 Å². The minimum absolute atomic E-state index is 0.00585. The summed E-state index contributed by atoms with van der Waals surface area (Å²) in [5, 5.41) is 16.1. The number of benzene rings is 1. The van der Waals surface area contributed by atoms with E-state index in [0.717, 1.165) is 55.5 Å². The van der Waals surface area contributed by atoms with Crippen LogP contribution in [0.3, 0.4) is 0 Å². The molecule has 0 atom stereocenters. The van der Waals surface area contributed by atoms with Crippen molar-refractivity contribution in [2.45, 2.75) is 82.1 Å². The summed E-state index contributed by atoms with van der Waals surface area (Å²) in [6.07, 6.45) is 7.21. The molecule has 4 aromatic rings. The van der Waals surface area contributed by atoms with Gasteiger partial charge in [-0.2, -0.15) is 18.3 Å². The Morgan fingerprint density at radius 2 is 1.82 bits per heavy atom. The highest BCUT2D eigenvalue weighted by molar-refractivity contribution is 6.10. The van der Waals surface area contributed by atoms with E-state index in [2.05, 4.69) is 27.5 Å². The van der Waals surface area contributed by atoms with Crippen LogP contribution in [0, 0.1) is 0 Å². The minimum atomic E-state index is -4.60. The first-order chi connectivity index (χ1) is 20.9. The first-order valence-electron chi connectivity index (χ1n) is 15.1. The van der Waals surface area contributed by atoms with Crippen molar-refractivity contribution in [1.82, 2.24) is 34.8 Å². The Bertz CT molecular complexity index is 1750. The number of fused-ring (bicyclic) bond motifs is 1. The first-order valence-corrected chi connectivity index (χ1v) is 15.1. The molecule has 230 valence electrons. The van der Waals surface area contributed by atoms with Crippen LogP contribution in [-0.4, -0.2) is 41.0 Å². The average Bonchev–Trinajstić information content (AvgIpc) is 3.66. The van der Waals surface area contributed by atoms with Crippen molar-refractivity contribution in [1.29, 1.82) is 0 Å². The number of aryl methyl sites for hydroxylation is 2. The van der Waals surface area contributed by atoms with Gasteiger partial charge in [0.15, 0.2) is 0 Å². The van der Waals surface area contributed by atoms with E-state index in [4.69, 9.17) is 4.98 Å². The van der Waals surface area contributed by atoms with Crippen molar-refractivity contribution < 1.29 is 18.0 Å². The Hall–Kier alpha value is -4.06. The monoisotopic (exact) mass is 604 g/mol. The summed E-state index contributed by atoms with van der Waals surface area (Å²) < 4.78 is 46.8. The van der Waals surface area contributed by atoms with Crippen molar-refractivity contribution in [2.75, 3.05) is 4.90 Å². The summed E-state index contributed by atoms with van der Waals surface area (Å²) in [5.74, 6) is 0.712. The molecule has 0 saturated heterocycles. The molecule has 0 bridgehead atoms. The Kier molecular flexibility index (Phi) is 6.69. The lowest BCUT2D eigenvalue weighted by atomic mass is 9.62.